The Morgan fingerprint density at radius 3 is 2.74 bits per heavy atom. The average Bonchev–Trinajstić information content (AvgIpc) is 3.10. The molecule has 2 N–H and O–H groups in total. The largest absolute Gasteiger partial charge is 0.378 e. The number of aromatic nitrogens is 2. The van der Waals surface area contributed by atoms with Gasteiger partial charge in [-0.2, -0.15) is 0 Å². The third kappa shape index (κ3) is 3.09. The zero-order chi connectivity index (χ0) is 16.4. The summed E-state index contributed by atoms with van der Waals surface area (Å²) in [6.07, 6.45) is 3.43. The molecule has 0 aliphatic carbocycles. The molecule has 1 aliphatic heterocycles. The second-order valence-electron chi connectivity index (χ2n) is 5.34. The van der Waals surface area contributed by atoms with Gasteiger partial charge >= 0.3 is 0 Å². The van der Waals surface area contributed by atoms with Crippen LogP contribution in [0.15, 0.2) is 12.5 Å². The van der Waals surface area contributed by atoms with Crippen molar-refractivity contribution in [2.45, 2.75) is 6.92 Å². The van der Waals surface area contributed by atoms with Gasteiger partial charge < -0.3 is 19.9 Å². The summed E-state index contributed by atoms with van der Waals surface area (Å²) in [6, 6.07) is 0. The number of nitrogens with two attached hydrogens (primary N) is 1. The second-order valence-corrected chi connectivity index (χ2v) is 6.34. The smallest absolute Gasteiger partial charge is 0.259 e. The second kappa shape index (κ2) is 6.44. The molecule has 2 aromatic rings. The third-order valence-electron chi connectivity index (χ3n) is 3.78. The van der Waals surface area contributed by atoms with E-state index in [0.717, 1.165) is 34.9 Å². The van der Waals surface area contributed by atoms with Crippen molar-refractivity contribution >= 4 is 22.2 Å². The van der Waals surface area contributed by atoms with Crippen molar-refractivity contribution in [2.24, 2.45) is 12.8 Å². The lowest BCUT2D eigenvalue weighted by Crippen LogP contribution is -2.36. The first-order valence-corrected chi connectivity index (χ1v) is 8.14. The van der Waals surface area contributed by atoms with Crippen LogP contribution < -0.4 is 10.6 Å². The summed E-state index contributed by atoms with van der Waals surface area (Å²) >= 11 is 1.41. The SMILES string of the molecule is Cc1c(C(N)=O)sc(N2CCOCC2)c1C#Cc1cncn1C. The number of carbonyl (C=O) groups excluding carboxylic acids is 1. The number of ether oxygens (including phenoxy) is 1. The molecule has 0 spiro atoms. The molecule has 23 heavy (non-hydrogen) atoms. The van der Waals surface area contributed by atoms with Gasteiger partial charge in [0.2, 0.25) is 0 Å². The van der Waals surface area contributed by atoms with Crippen LogP contribution in [-0.2, 0) is 11.8 Å². The zero-order valence-corrected chi connectivity index (χ0v) is 13.9. The van der Waals surface area contributed by atoms with Gasteiger partial charge in [0.25, 0.3) is 5.91 Å². The van der Waals surface area contributed by atoms with Crippen LogP contribution in [-0.4, -0.2) is 41.8 Å². The van der Waals surface area contributed by atoms with Gasteiger partial charge in [-0.25, -0.2) is 4.98 Å². The number of anilines is 1. The van der Waals surface area contributed by atoms with Gasteiger partial charge in [0, 0.05) is 20.1 Å². The van der Waals surface area contributed by atoms with Gasteiger partial charge in [0.1, 0.15) is 10.7 Å². The zero-order valence-electron chi connectivity index (χ0n) is 13.1. The lowest BCUT2D eigenvalue weighted by atomic mass is 10.1. The Morgan fingerprint density at radius 1 is 1.39 bits per heavy atom. The Hall–Kier alpha value is -2.30. The molecule has 1 fully saturated rings. The van der Waals surface area contributed by atoms with Crippen LogP contribution in [0.3, 0.4) is 0 Å². The van der Waals surface area contributed by atoms with Crippen LogP contribution in [0.1, 0.15) is 26.5 Å². The molecule has 6 nitrogen and oxygen atoms in total. The monoisotopic (exact) mass is 330 g/mol. The van der Waals surface area contributed by atoms with Crippen molar-refractivity contribution in [3.8, 4) is 11.8 Å². The molecule has 3 heterocycles. The van der Waals surface area contributed by atoms with Gasteiger partial charge in [0.15, 0.2) is 0 Å². The van der Waals surface area contributed by atoms with Crippen molar-refractivity contribution in [3.05, 3.63) is 34.2 Å². The molecule has 0 aromatic carbocycles. The lowest BCUT2D eigenvalue weighted by Gasteiger charge is -2.27. The Morgan fingerprint density at radius 2 is 2.13 bits per heavy atom. The van der Waals surface area contributed by atoms with Crippen LogP contribution in [0, 0.1) is 18.8 Å². The first kappa shape index (κ1) is 15.6. The van der Waals surface area contributed by atoms with Gasteiger partial charge in [-0.05, 0) is 18.4 Å². The summed E-state index contributed by atoms with van der Waals surface area (Å²) in [4.78, 5) is 18.5. The van der Waals surface area contributed by atoms with Crippen molar-refractivity contribution in [1.82, 2.24) is 9.55 Å². The molecule has 1 amide bonds. The van der Waals surface area contributed by atoms with E-state index >= 15 is 0 Å². The van der Waals surface area contributed by atoms with E-state index < -0.39 is 5.91 Å². The summed E-state index contributed by atoms with van der Waals surface area (Å²) < 4.78 is 7.26. The molecular weight excluding hydrogens is 312 g/mol. The summed E-state index contributed by atoms with van der Waals surface area (Å²) in [6.45, 7) is 4.83. The summed E-state index contributed by atoms with van der Waals surface area (Å²) in [7, 11) is 1.90. The average molecular weight is 330 g/mol. The quantitative estimate of drug-likeness (QED) is 0.838. The minimum atomic E-state index is -0.407. The number of imidazole rings is 1. The fourth-order valence-corrected chi connectivity index (χ4v) is 3.64. The van der Waals surface area contributed by atoms with E-state index in [0.29, 0.717) is 18.1 Å². The van der Waals surface area contributed by atoms with E-state index in [1.165, 1.54) is 11.3 Å². The molecule has 0 atom stereocenters. The molecule has 2 aromatic heterocycles. The van der Waals surface area contributed by atoms with Gasteiger partial charge in [-0.3, -0.25) is 4.79 Å². The normalized spacial score (nSPS) is 14.4. The number of hydrogen-bond acceptors (Lipinski definition) is 5. The fraction of sp³-hybridized carbons (Fsp3) is 0.375. The highest BCUT2D eigenvalue weighted by Crippen LogP contribution is 2.35. The van der Waals surface area contributed by atoms with Crippen LogP contribution in [0.25, 0.3) is 0 Å². The van der Waals surface area contributed by atoms with E-state index in [-0.39, 0.29) is 0 Å². The standard InChI is InChI=1S/C16H18N4O2S/c1-11-13(4-3-12-9-18-10-19(12)2)16(23-14(11)15(17)21)20-5-7-22-8-6-20/h9-10H,5-8H2,1-2H3,(H2,17,21). The molecule has 0 radical (unpaired) electrons. The molecule has 0 saturated carbocycles. The predicted molar refractivity (Wildman–Crippen MR) is 89.8 cm³/mol. The van der Waals surface area contributed by atoms with Crippen LogP contribution >= 0.6 is 11.3 Å². The van der Waals surface area contributed by atoms with Crippen LogP contribution in [0.2, 0.25) is 0 Å². The molecule has 1 saturated heterocycles. The maximum absolute atomic E-state index is 11.7. The molecule has 1 aliphatic rings. The Labute approximate surface area is 138 Å². The highest BCUT2D eigenvalue weighted by atomic mass is 32.1. The van der Waals surface area contributed by atoms with E-state index in [1.807, 2.05) is 18.5 Å². The van der Waals surface area contributed by atoms with Gasteiger partial charge in [-0.1, -0.05) is 5.92 Å². The summed E-state index contributed by atoms with van der Waals surface area (Å²) in [5, 5.41) is 0.995. The summed E-state index contributed by atoms with van der Waals surface area (Å²) in [5.41, 5.74) is 8.04. The van der Waals surface area contributed by atoms with Crippen molar-refractivity contribution in [1.29, 1.82) is 0 Å². The summed E-state index contributed by atoms with van der Waals surface area (Å²) in [5.74, 6) is 5.93. The number of hydrogen-bond donors (Lipinski definition) is 1. The molecule has 0 unspecified atom stereocenters. The molecule has 0 bridgehead atoms. The first-order valence-electron chi connectivity index (χ1n) is 7.32. The fourth-order valence-electron chi connectivity index (χ4n) is 2.47. The number of aryl methyl sites for hydroxylation is 1. The molecule has 7 heteroatoms. The van der Waals surface area contributed by atoms with E-state index in [4.69, 9.17) is 10.5 Å². The van der Waals surface area contributed by atoms with E-state index in [9.17, 15) is 4.79 Å². The number of carbonyl (C=O) groups is 1. The number of thiophene rings is 1. The van der Waals surface area contributed by atoms with Crippen LogP contribution in [0.5, 0.6) is 0 Å². The lowest BCUT2D eigenvalue weighted by molar-refractivity contribution is 0.100. The van der Waals surface area contributed by atoms with Gasteiger partial charge in [0.05, 0.1) is 36.2 Å². The minimum absolute atomic E-state index is 0.407. The highest BCUT2D eigenvalue weighted by Gasteiger charge is 2.22. The Kier molecular flexibility index (Phi) is 4.37. The number of amides is 1. The van der Waals surface area contributed by atoms with Gasteiger partial charge in [-0.15, -0.1) is 11.3 Å². The van der Waals surface area contributed by atoms with E-state index in [1.54, 1.807) is 12.5 Å². The van der Waals surface area contributed by atoms with Crippen molar-refractivity contribution in [3.63, 3.8) is 0 Å². The molecular formula is C16H18N4O2S. The minimum Gasteiger partial charge on any atom is -0.378 e. The van der Waals surface area contributed by atoms with E-state index in [2.05, 4.69) is 21.7 Å². The number of morpholine rings is 1. The number of rotatable bonds is 2. The maximum Gasteiger partial charge on any atom is 0.259 e. The maximum atomic E-state index is 11.7. The number of primary amides is 1. The topological polar surface area (TPSA) is 73.4 Å². The Bertz CT molecular complexity index is 791. The van der Waals surface area contributed by atoms with Crippen molar-refractivity contribution in [2.75, 3.05) is 31.2 Å². The van der Waals surface area contributed by atoms with Crippen molar-refractivity contribution < 1.29 is 9.53 Å². The van der Waals surface area contributed by atoms with Crippen LogP contribution in [0.4, 0.5) is 5.00 Å². The Balaban J connectivity index is 2.05. The molecule has 3 rings (SSSR count). The predicted octanol–water partition coefficient (Wildman–Crippen LogP) is 1.13. The highest BCUT2D eigenvalue weighted by molar-refractivity contribution is 7.18. The number of nitrogens with zero attached hydrogens (tertiary/aromatic N) is 3. The first-order chi connectivity index (χ1) is 11.1. The third-order valence-corrected chi connectivity index (χ3v) is 5.15. The molecule has 120 valence electrons.